The van der Waals surface area contributed by atoms with E-state index in [1.54, 1.807) is 4.90 Å². The van der Waals surface area contributed by atoms with Gasteiger partial charge in [-0.15, -0.1) is 0 Å². The minimum absolute atomic E-state index is 0.0365. The Labute approximate surface area is 113 Å². The van der Waals surface area contributed by atoms with Gasteiger partial charge in [0.15, 0.2) is 11.5 Å². The Balaban J connectivity index is 2.14. The number of imidazole rings is 1. The fraction of sp³-hybridized carbons (Fsp3) is 0.364. The maximum absolute atomic E-state index is 11.9. The second-order valence-electron chi connectivity index (χ2n) is 4.47. The van der Waals surface area contributed by atoms with Crippen molar-refractivity contribution < 1.29 is 9.59 Å². The topological polar surface area (TPSA) is 130 Å². The Bertz CT molecular complexity index is 695. The molecule has 0 radical (unpaired) electrons. The molecule has 1 atom stereocenters. The molecule has 1 aliphatic rings. The van der Waals surface area contributed by atoms with E-state index in [1.165, 1.54) is 6.33 Å². The molecule has 9 nitrogen and oxygen atoms in total. The lowest BCUT2D eigenvalue weighted by Gasteiger charge is -2.34. The number of nitrogens with two attached hydrogens (primary N) is 1. The van der Waals surface area contributed by atoms with Crippen LogP contribution in [0.5, 0.6) is 0 Å². The Morgan fingerprint density at radius 2 is 2.25 bits per heavy atom. The molecule has 2 aromatic heterocycles. The van der Waals surface area contributed by atoms with E-state index < -0.39 is 6.04 Å². The minimum atomic E-state index is -0.478. The molecule has 1 fully saturated rings. The number of carbonyl (C=O) groups excluding carboxylic acids is 2. The van der Waals surface area contributed by atoms with Crippen LogP contribution in [0.25, 0.3) is 11.2 Å². The van der Waals surface area contributed by atoms with E-state index in [-0.39, 0.29) is 24.3 Å². The number of hydrogen-bond donors (Lipinski definition) is 3. The number of aromatic nitrogens is 4. The molecular weight excluding hydrogens is 262 g/mol. The third kappa shape index (κ3) is 1.83. The molecule has 2 amide bonds. The number of piperazine rings is 1. The minimum Gasteiger partial charge on any atom is -0.368 e. The summed E-state index contributed by atoms with van der Waals surface area (Å²) in [5.74, 6) is -0.244. The first-order chi connectivity index (χ1) is 9.60. The molecule has 1 saturated heterocycles. The highest BCUT2D eigenvalue weighted by Gasteiger charge is 2.34. The molecule has 0 saturated carbocycles. The van der Waals surface area contributed by atoms with Gasteiger partial charge >= 0.3 is 0 Å². The number of amides is 2. The largest absolute Gasteiger partial charge is 0.368 e. The van der Waals surface area contributed by atoms with Gasteiger partial charge in [-0.1, -0.05) is 6.92 Å². The van der Waals surface area contributed by atoms with E-state index in [4.69, 9.17) is 5.73 Å². The van der Waals surface area contributed by atoms with Gasteiger partial charge in [0, 0.05) is 0 Å². The average Bonchev–Trinajstić information content (AvgIpc) is 2.84. The van der Waals surface area contributed by atoms with E-state index in [9.17, 15) is 9.59 Å². The van der Waals surface area contributed by atoms with Gasteiger partial charge in [0.2, 0.25) is 17.8 Å². The molecule has 9 heteroatoms. The predicted molar refractivity (Wildman–Crippen MR) is 70.7 cm³/mol. The average molecular weight is 275 g/mol. The zero-order chi connectivity index (χ0) is 14.3. The Morgan fingerprint density at radius 1 is 1.45 bits per heavy atom. The van der Waals surface area contributed by atoms with Gasteiger partial charge in [-0.25, -0.2) is 4.98 Å². The van der Waals surface area contributed by atoms with Crippen molar-refractivity contribution in [2.24, 2.45) is 0 Å². The molecule has 0 aliphatic carbocycles. The summed E-state index contributed by atoms with van der Waals surface area (Å²) in [5.41, 5.74) is 6.62. The molecule has 1 aliphatic heterocycles. The van der Waals surface area contributed by atoms with Crippen LogP contribution in [0, 0.1) is 0 Å². The van der Waals surface area contributed by atoms with Crippen molar-refractivity contribution in [3.63, 3.8) is 0 Å². The second-order valence-corrected chi connectivity index (χ2v) is 4.47. The van der Waals surface area contributed by atoms with Crippen molar-refractivity contribution in [1.29, 1.82) is 0 Å². The van der Waals surface area contributed by atoms with E-state index in [1.807, 2.05) is 6.92 Å². The lowest BCUT2D eigenvalue weighted by atomic mass is 10.1. The van der Waals surface area contributed by atoms with Gasteiger partial charge in [0.1, 0.15) is 11.6 Å². The summed E-state index contributed by atoms with van der Waals surface area (Å²) in [6, 6.07) is -0.478. The number of anilines is 2. The summed E-state index contributed by atoms with van der Waals surface area (Å²) in [6.45, 7) is 1.90. The molecule has 20 heavy (non-hydrogen) atoms. The van der Waals surface area contributed by atoms with E-state index in [0.717, 1.165) is 0 Å². The summed E-state index contributed by atoms with van der Waals surface area (Å²) in [4.78, 5) is 40.2. The van der Waals surface area contributed by atoms with Crippen LogP contribution in [0.2, 0.25) is 0 Å². The summed E-state index contributed by atoms with van der Waals surface area (Å²) in [7, 11) is 0. The predicted octanol–water partition coefficient (Wildman–Crippen LogP) is -0.823. The summed E-state index contributed by atoms with van der Waals surface area (Å²) < 4.78 is 0. The van der Waals surface area contributed by atoms with Crippen molar-refractivity contribution >= 4 is 34.7 Å². The van der Waals surface area contributed by atoms with Crippen LogP contribution in [0.3, 0.4) is 0 Å². The maximum atomic E-state index is 11.9. The number of nitrogens with one attached hydrogen (secondary N) is 2. The third-order valence-corrected chi connectivity index (χ3v) is 3.20. The van der Waals surface area contributed by atoms with Gasteiger partial charge in [0.05, 0.1) is 12.9 Å². The molecule has 3 heterocycles. The van der Waals surface area contributed by atoms with Crippen LogP contribution >= 0.6 is 0 Å². The molecule has 0 aromatic carbocycles. The number of imide groups is 1. The lowest BCUT2D eigenvalue weighted by molar-refractivity contribution is -0.132. The first kappa shape index (κ1) is 12.3. The molecule has 1 unspecified atom stereocenters. The first-order valence-electron chi connectivity index (χ1n) is 6.17. The number of fused-ring (bicyclic) bond motifs is 1. The van der Waals surface area contributed by atoms with Gasteiger partial charge < -0.3 is 15.6 Å². The number of hydrogen-bond acceptors (Lipinski definition) is 7. The SMILES string of the molecule is CCC1C(=O)NC(=O)CN1c1nc(N)nc2nc[nH]c12. The van der Waals surface area contributed by atoms with Crippen molar-refractivity contribution in [2.45, 2.75) is 19.4 Å². The molecule has 3 rings (SSSR count). The monoisotopic (exact) mass is 275 g/mol. The van der Waals surface area contributed by atoms with Crippen LogP contribution in [0.15, 0.2) is 6.33 Å². The summed E-state index contributed by atoms with van der Waals surface area (Å²) >= 11 is 0. The van der Waals surface area contributed by atoms with Crippen LogP contribution in [-0.2, 0) is 9.59 Å². The second kappa shape index (κ2) is 4.44. The van der Waals surface area contributed by atoms with Crippen molar-refractivity contribution in [3.8, 4) is 0 Å². The van der Waals surface area contributed by atoms with Crippen LogP contribution in [-0.4, -0.2) is 44.3 Å². The molecule has 2 aromatic rings. The number of H-pyrrole nitrogens is 1. The van der Waals surface area contributed by atoms with E-state index >= 15 is 0 Å². The van der Waals surface area contributed by atoms with Gasteiger partial charge in [-0.2, -0.15) is 9.97 Å². The molecule has 0 spiro atoms. The lowest BCUT2D eigenvalue weighted by Crippen LogP contribution is -2.58. The molecule has 4 N–H and O–H groups in total. The van der Waals surface area contributed by atoms with Crippen molar-refractivity contribution in [2.75, 3.05) is 17.2 Å². The highest BCUT2D eigenvalue weighted by Crippen LogP contribution is 2.25. The van der Waals surface area contributed by atoms with Crippen LogP contribution in [0.4, 0.5) is 11.8 Å². The number of nitrogen functional groups attached to an aromatic ring is 1. The van der Waals surface area contributed by atoms with Crippen molar-refractivity contribution in [3.05, 3.63) is 6.33 Å². The maximum Gasteiger partial charge on any atom is 0.249 e. The standard InChI is InChI=1S/C11H13N7O2/c1-2-5-10(20)15-6(19)3-18(5)9-7-8(14-4-13-7)16-11(12)17-9/h4-5H,2-3H2,1H3,(H,15,19,20)(H3,12,13,14,16,17). The highest BCUT2D eigenvalue weighted by molar-refractivity contribution is 6.05. The molecule has 104 valence electrons. The zero-order valence-corrected chi connectivity index (χ0v) is 10.8. The quantitative estimate of drug-likeness (QED) is 0.610. The van der Waals surface area contributed by atoms with Gasteiger partial charge in [0.25, 0.3) is 0 Å². The van der Waals surface area contributed by atoms with Crippen LogP contribution < -0.4 is 16.0 Å². The van der Waals surface area contributed by atoms with Gasteiger partial charge in [-0.05, 0) is 6.42 Å². The number of aromatic amines is 1. The third-order valence-electron chi connectivity index (χ3n) is 3.20. The summed E-state index contributed by atoms with van der Waals surface area (Å²) in [5, 5.41) is 2.32. The zero-order valence-electron chi connectivity index (χ0n) is 10.8. The molecule has 0 bridgehead atoms. The first-order valence-corrected chi connectivity index (χ1v) is 6.17. The number of rotatable bonds is 2. The smallest absolute Gasteiger partial charge is 0.249 e. The Morgan fingerprint density at radius 3 is 3.00 bits per heavy atom. The Hall–Kier alpha value is -2.71. The van der Waals surface area contributed by atoms with Crippen LogP contribution in [0.1, 0.15) is 13.3 Å². The normalized spacial score (nSPS) is 19.4. The number of carbonyl (C=O) groups is 2. The van der Waals surface area contributed by atoms with Gasteiger partial charge in [-0.3, -0.25) is 14.9 Å². The number of nitrogens with zero attached hydrogens (tertiary/aromatic N) is 4. The Kier molecular flexibility index (Phi) is 2.74. The molecular formula is C11H13N7O2. The fourth-order valence-electron chi connectivity index (χ4n) is 2.34. The fourth-order valence-corrected chi connectivity index (χ4v) is 2.34. The van der Waals surface area contributed by atoms with E-state index in [2.05, 4.69) is 25.3 Å². The summed E-state index contributed by atoms with van der Waals surface area (Å²) in [6.07, 6.45) is 2.01. The van der Waals surface area contributed by atoms with E-state index in [0.29, 0.717) is 23.4 Å². The highest BCUT2D eigenvalue weighted by atomic mass is 16.2. The van der Waals surface area contributed by atoms with Crippen molar-refractivity contribution in [1.82, 2.24) is 25.3 Å².